The zero-order chi connectivity index (χ0) is 12.9. The van der Waals surface area contributed by atoms with Gasteiger partial charge in [0.25, 0.3) is 0 Å². The first-order chi connectivity index (χ1) is 7.91. The fourth-order valence-corrected chi connectivity index (χ4v) is 2.02. The molecule has 0 aliphatic carbocycles. The van der Waals surface area contributed by atoms with Crippen molar-refractivity contribution < 1.29 is 9.18 Å². The third kappa shape index (κ3) is 4.98. The quantitative estimate of drug-likeness (QED) is 0.812. The van der Waals surface area contributed by atoms with E-state index in [0.717, 1.165) is 18.4 Å². The number of primary amides is 1. The molecule has 0 radical (unpaired) electrons. The molecule has 3 heteroatoms. The minimum atomic E-state index is -0.277. The van der Waals surface area contributed by atoms with Gasteiger partial charge < -0.3 is 5.73 Å². The molecule has 0 aromatic heterocycles. The molecule has 0 saturated carbocycles. The van der Waals surface area contributed by atoms with Gasteiger partial charge in [-0.2, -0.15) is 0 Å². The molecule has 0 atom stereocenters. The third-order valence-electron chi connectivity index (χ3n) is 2.91. The SMILES string of the molecule is CC(C)(CCCc1ccccc1F)CC(N)=O. The lowest BCUT2D eigenvalue weighted by Crippen LogP contribution is -2.22. The number of carbonyl (C=O) groups is 1. The Labute approximate surface area is 102 Å². The highest BCUT2D eigenvalue weighted by atomic mass is 19.1. The summed E-state index contributed by atoms with van der Waals surface area (Å²) >= 11 is 0. The van der Waals surface area contributed by atoms with E-state index in [9.17, 15) is 9.18 Å². The Morgan fingerprint density at radius 1 is 1.35 bits per heavy atom. The van der Waals surface area contributed by atoms with Crippen LogP contribution < -0.4 is 5.73 Å². The molecule has 1 amide bonds. The summed E-state index contributed by atoms with van der Waals surface area (Å²) in [5.74, 6) is -0.430. The highest BCUT2D eigenvalue weighted by molar-refractivity contribution is 5.74. The summed E-state index contributed by atoms with van der Waals surface area (Å²) in [4.78, 5) is 10.9. The van der Waals surface area contributed by atoms with E-state index in [4.69, 9.17) is 5.73 Å². The van der Waals surface area contributed by atoms with Crippen LogP contribution in [0.1, 0.15) is 38.7 Å². The number of nitrogens with two attached hydrogens (primary N) is 1. The molecule has 0 unspecified atom stereocenters. The molecule has 2 N–H and O–H groups in total. The van der Waals surface area contributed by atoms with E-state index in [-0.39, 0.29) is 17.1 Å². The largest absolute Gasteiger partial charge is 0.370 e. The van der Waals surface area contributed by atoms with Crippen molar-refractivity contribution in [1.29, 1.82) is 0 Å². The van der Waals surface area contributed by atoms with Crippen molar-refractivity contribution >= 4 is 5.91 Å². The highest BCUT2D eigenvalue weighted by Crippen LogP contribution is 2.27. The van der Waals surface area contributed by atoms with E-state index in [1.807, 2.05) is 19.9 Å². The van der Waals surface area contributed by atoms with Crippen LogP contribution in [0.3, 0.4) is 0 Å². The van der Waals surface area contributed by atoms with Gasteiger partial charge >= 0.3 is 0 Å². The van der Waals surface area contributed by atoms with E-state index in [2.05, 4.69) is 0 Å². The van der Waals surface area contributed by atoms with Crippen LogP contribution in [0.2, 0.25) is 0 Å². The van der Waals surface area contributed by atoms with Gasteiger partial charge in [0.05, 0.1) is 0 Å². The van der Waals surface area contributed by atoms with Crippen molar-refractivity contribution in [3.8, 4) is 0 Å². The van der Waals surface area contributed by atoms with Crippen LogP contribution in [0, 0.1) is 11.2 Å². The predicted molar refractivity (Wildman–Crippen MR) is 66.9 cm³/mol. The standard InChI is InChI=1S/C14H20FNO/c1-14(2,10-13(16)17)9-5-7-11-6-3-4-8-12(11)15/h3-4,6,8H,5,7,9-10H2,1-2H3,(H2,16,17). The first-order valence-corrected chi connectivity index (χ1v) is 5.92. The molecule has 0 saturated heterocycles. The number of amides is 1. The monoisotopic (exact) mass is 237 g/mol. The Balaban J connectivity index is 2.42. The Bertz CT molecular complexity index is 388. The highest BCUT2D eigenvalue weighted by Gasteiger charge is 2.20. The van der Waals surface area contributed by atoms with Crippen molar-refractivity contribution in [1.82, 2.24) is 0 Å². The molecule has 0 aliphatic heterocycles. The maximum atomic E-state index is 13.3. The number of halogens is 1. The molecule has 1 aromatic carbocycles. The molecular weight excluding hydrogens is 217 g/mol. The Morgan fingerprint density at radius 3 is 2.59 bits per heavy atom. The average Bonchev–Trinajstić information content (AvgIpc) is 2.18. The third-order valence-corrected chi connectivity index (χ3v) is 2.91. The van der Waals surface area contributed by atoms with Gasteiger partial charge in [-0.25, -0.2) is 4.39 Å². The molecule has 94 valence electrons. The van der Waals surface area contributed by atoms with E-state index in [1.54, 1.807) is 12.1 Å². The molecule has 17 heavy (non-hydrogen) atoms. The van der Waals surface area contributed by atoms with Gasteiger partial charge in [-0.05, 0) is 36.3 Å². The Hall–Kier alpha value is -1.38. The summed E-state index contributed by atoms with van der Waals surface area (Å²) in [5, 5.41) is 0. The number of carbonyl (C=O) groups excluding carboxylic acids is 1. The molecule has 0 bridgehead atoms. The second kappa shape index (κ2) is 5.80. The molecule has 2 nitrogen and oxygen atoms in total. The van der Waals surface area contributed by atoms with Crippen LogP contribution in [0.25, 0.3) is 0 Å². The van der Waals surface area contributed by atoms with Crippen LogP contribution >= 0.6 is 0 Å². The topological polar surface area (TPSA) is 43.1 Å². The van der Waals surface area contributed by atoms with Gasteiger partial charge in [0.1, 0.15) is 5.82 Å². The van der Waals surface area contributed by atoms with Crippen molar-refractivity contribution in [2.24, 2.45) is 11.1 Å². The Morgan fingerprint density at radius 2 is 2.00 bits per heavy atom. The number of aryl methyl sites for hydroxylation is 1. The van der Waals surface area contributed by atoms with E-state index >= 15 is 0 Å². The van der Waals surface area contributed by atoms with Gasteiger partial charge in [-0.1, -0.05) is 32.0 Å². The normalized spacial score (nSPS) is 11.5. The van der Waals surface area contributed by atoms with Crippen LogP contribution in [0.5, 0.6) is 0 Å². The average molecular weight is 237 g/mol. The van der Waals surface area contributed by atoms with Crippen LogP contribution in [-0.4, -0.2) is 5.91 Å². The van der Waals surface area contributed by atoms with Gasteiger partial charge in [-0.15, -0.1) is 0 Å². The van der Waals surface area contributed by atoms with Crippen LogP contribution in [0.15, 0.2) is 24.3 Å². The smallest absolute Gasteiger partial charge is 0.217 e. The molecule has 0 fully saturated rings. The van der Waals surface area contributed by atoms with E-state index < -0.39 is 0 Å². The maximum Gasteiger partial charge on any atom is 0.217 e. The van der Waals surface area contributed by atoms with Crippen molar-refractivity contribution in [2.75, 3.05) is 0 Å². The summed E-state index contributed by atoms with van der Waals surface area (Å²) in [6.07, 6.45) is 2.81. The zero-order valence-electron chi connectivity index (χ0n) is 10.5. The predicted octanol–water partition coefficient (Wildman–Crippen LogP) is 3.05. The van der Waals surface area contributed by atoms with E-state index in [0.29, 0.717) is 12.8 Å². The molecular formula is C14H20FNO. The molecule has 1 rings (SSSR count). The summed E-state index contributed by atoms with van der Waals surface area (Å²) in [6, 6.07) is 6.81. The summed E-state index contributed by atoms with van der Waals surface area (Å²) < 4.78 is 13.3. The minimum Gasteiger partial charge on any atom is -0.370 e. The Kier molecular flexibility index (Phi) is 4.67. The summed E-state index contributed by atoms with van der Waals surface area (Å²) in [6.45, 7) is 4.03. The van der Waals surface area contributed by atoms with Crippen molar-refractivity contribution in [3.05, 3.63) is 35.6 Å². The zero-order valence-corrected chi connectivity index (χ0v) is 10.5. The van der Waals surface area contributed by atoms with Gasteiger partial charge in [0.2, 0.25) is 5.91 Å². The van der Waals surface area contributed by atoms with Crippen LogP contribution in [-0.2, 0) is 11.2 Å². The second-order valence-electron chi connectivity index (χ2n) is 5.25. The fourth-order valence-electron chi connectivity index (χ4n) is 2.02. The molecule has 0 spiro atoms. The lowest BCUT2D eigenvalue weighted by Gasteiger charge is -2.22. The lowest BCUT2D eigenvalue weighted by atomic mass is 9.83. The lowest BCUT2D eigenvalue weighted by molar-refractivity contribution is -0.119. The van der Waals surface area contributed by atoms with Gasteiger partial charge in [-0.3, -0.25) is 4.79 Å². The molecule has 0 aliphatic rings. The summed E-state index contributed by atoms with van der Waals surface area (Å²) in [5.41, 5.74) is 5.82. The van der Waals surface area contributed by atoms with E-state index in [1.165, 1.54) is 6.07 Å². The molecule has 0 heterocycles. The van der Waals surface area contributed by atoms with Gasteiger partial charge in [0, 0.05) is 6.42 Å². The van der Waals surface area contributed by atoms with Crippen LogP contribution in [0.4, 0.5) is 4.39 Å². The number of hydrogen-bond donors (Lipinski definition) is 1. The first-order valence-electron chi connectivity index (χ1n) is 5.92. The second-order valence-corrected chi connectivity index (χ2v) is 5.25. The van der Waals surface area contributed by atoms with Gasteiger partial charge in [0.15, 0.2) is 0 Å². The fraction of sp³-hybridized carbons (Fsp3) is 0.500. The summed E-state index contributed by atoms with van der Waals surface area (Å²) in [7, 11) is 0. The molecule has 1 aromatic rings. The van der Waals surface area contributed by atoms with Crippen molar-refractivity contribution in [3.63, 3.8) is 0 Å². The van der Waals surface area contributed by atoms with Crippen molar-refractivity contribution in [2.45, 2.75) is 39.5 Å². The maximum absolute atomic E-state index is 13.3. The number of rotatable bonds is 6. The minimum absolute atomic E-state index is 0.100. The number of hydrogen-bond acceptors (Lipinski definition) is 1. The first kappa shape index (κ1) is 13.7. The number of benzene rings is 1.